The summed E-state index contributed by atoms with van der Waals surface area (Å²) in [7, 11) is -2.57. The summed E-state index contributed by atoms with van der Waals surface area (Å²) < 4.78 is 46.1. The van der Waals surface area contributed by atoms with Crippen LogP contribution in [0.15, 0.2) is 77.7 Å². The van der Waals surface area contributed by atoms with Gasteiger partial charge in [-0.15, -0.1) is 0 Å². The van der Waals surface area contributed by atoms with Crippen LogP contribution in [0, 0.1) is 5.82 Å². The molecule has 0 radical (unpaired) electrons. The van der Waals surface area contributed by atoms with E-state index in [1.807, 2.05) is 0 Å². The number of sulfonamides is 1. The summed E-state index contributed by atoms with van der Waals surface area (Å²) >= 11 is 0. The maximum atomic E-state index is 13.8. The fraction of sp³-hybridized carbons (Fsp3) is 0.130. The standard InChI is InChI=1S/C23H22FN3O5S/c1-32-18-11-9-16(10-12-18)22(28)25-13-14-26-23(29)17-5-4-6-19(15-17)33(30,31)27-21-8-3-2-7-20(21)24/h2-12,15,27H,13-14H2,1H3,(H,25,28)(H,26,29). The summed E-state index contributed by atoms with van der Waals surface area (Å²) in [5, 5.41) is 5.29. The average Bonchev–Trinajstić information content (AvgIpc) is 2.83. The van der Waals surface area contributed by atoms with Gasteiger partial charge in [0.25, 0.3) is 21.8 Å². The normalized spacial score (nSPS) is 10.8. The molecule has 0 spiro atoms. The minimum atomic E-state index is -4.10. The maximum Gasteiger partial charge on any atom is 0.262 e. The molecular weight excluding hydrogens is 449 g/mol. The van der Waals surface area contributed by atoms with Crippen molar-refractivity contribution in [3.63, 3.8) is 0 Å². The molecule has 33 heavy (non-hydrogen) atoms. The number of amides is 2. The Bertz CT molecular complexity index is 1250. The van der Waals surface area contributed by atoms with E-state index in [-0.39, 0.29) is 35.1 Å². The number of hydrogen-bond acceptors (Lipinski definition) is 5. The van der Waals surface area contributed by atoms with Gasteiger partial charge in [-0.1, -0.05) is 18.2 Å². The second-order valence-electron chi connectivity index (χ2n) is 6.85. The Morgan fingerprint density at radius 3 is 2.12 bits per heavy atom. The first-order valence-corrected chi connectivity index (χ1v) is 11.4. The van der Waals surface area contributed by atoms with Gasteiger partial charge in [0.05, 0.1) is 17.7 Å². The summed E-state index contributed by atoms with van der Waals surface area (Å²) in [6.07, 6.45) is 0. The first-order valence-electron chi connectivity index (χ1n) is 9.88. The van der Waals surface area contributed by atoms with E-state index in [2.05, 4.69) is 15.4 Å². The molecule has 8 nitrogen and oxygen atoms in total. The first kappa shape index (κ1) is 23.7. The Labute approximate surface area is 190 Å². The highest BCUT2D eigenvalue weighted by Gasteiger charge is 2.18. The van der Waals surface area contributed by atoms with Crippen molar-refractivity contribution in [2.75, 3.05) is 24.9 Å². The van der Waals surface area contributed by atoms with Gasteiger partial charge in [0.2, 0.25) is 0 Å². The minimum absolute atomic E-state index is 0.105. The molecule has 2 amide bonds. The molecule has 0 atom stereocenters. The summed E-state index contributed by atoms with van der Waals surface area (Å²) in [5.41, 5.74) is 0.357. The Balaban J connectivity index is 1.55. The van der Waals surface area contributed by atoms with Crippen molar-refractivity contribution in [2.24, 2.45) is 0 Å². The van der Waals surface area contributed by atoms with Crippen LogP contribution in [0.25, 0.3) is 0 Å². The van der Waals surface area contributed by atoms with Gasteiger partial charge in [-0.05, 0) is 54.6 Å². The van der Waals surface area contributed by atoms with Crippen molar-refractivity contribution in [3.05, 3.63) is 89.7 Å². The Morgan fingerprint density at radius 2 is 1.48 bits per heavy atom. The van der Waals surface area contributed by atoms with E-state index in [1.54, 1.807) is 24.3 Å². The van der Waals surface area contributed by atoms with Gasteiger partial charge in [-0.3, -0.25) is 14.3 Å². The fourth-order valence-corrected chi connectivity index (χ4v) is 3.96. The number of rotatable bonds is 9. The molecule has 3 aromatic carbocycles. The highest BCUT2D eigenvalue weighted by atomic mass is 32.2. The third-order valence-corrected chi connectivity index (χ3v) is 5.94. The van der Waals surface area contributed by atoms with Crippen LogP contribution in [0.1, 0.15) is 20.7 Å². The molecule has 3 rings (SSSR count). The minimum Gasteiger partial charge on any atom is -0.497 e. The molecule has 0 unspecified atom stereocenters. The van der Waals surface area contributed by atoms with E-state index in [0.717, 1.165) is 6.07 Å². The lowest BCUT2D eigenvalue weighted by molar-refractivity contribution is 0.0927. The predicted octanol–water partition coefficient (Wildman–Crippen LogP) is 2.79. The molecule has 0 aliphatic carbocycles. The molecule has 3 N–H and O–H groups in total. The zero-order chi connectivity index (χ0) is 23.8. The highest BCUT2D eigenvalue weighted by Crippen LogP contribution is 2.19. The molecule has 0 aliphatic heterocycles. The topological polar surface area (TPSA) is 114 Å². The van der Waals surface area contributed by atoms with Crippen LogP contribution in [0.4, 0.5) is 10.1 Å². The van der Waals surface area contributed by atoms with E-state index in [9.17, 15) is 22.4 Å². The van der Waals surface area contributed by atoms with E-state index in [1.165, 1.54) is 49.6 Å². The summed E-state index contributed by atoms with van der Waals surface area (Å²) in [6.45, 7) is 0.300. The Kier molecular flexibility index (Phi) is 7.62. The van der Waals surface area contributed by atoms with E-state index in [4.69, 9.17) is 4.74 Å². The number of para-hydroxylation sites is 1. The second kappa shape index (κ2) is 10.6. The summed E-state index contributed by atoms with van der Waals surface area (Å²) in [4.78, 5) is 24.3. The summed E-state index contributed by atoms with van der Waals surface area (Å²) in [5.74, 6) is -0.908. The number of ether oxygens (including phenoxy) is 1. The molecule has 172 valence electrons. The maximum absolute atomic E-state index is 13.8. The second-order valence-corrected chi connectivity index (χ2v) is 8.54. The molecule has 0 bridgehead atoms. The smallest absolute Gasteiger partial charge is 0.262 e. The number of halogens is 1. The van der Waals surface area contributed by atoms with Gasteiger partial charge in [-0.25, -0.2) is 12.8 Å². The van der Waals surface area contributed by atoms with Gasteiger partial charge in [0.15, 0.2) is 0 Å². The van der Waals surface area contributed by atoms with Crippen LogP contribution in [-0.2, 0) is 10.0 Å². The van der Waals surface area contributed by atoms with Gasteiger partial charge in [0, 0.05) is 24.2 Å². The average molecular weight is 472 g/mol. The van der Waals surface area contributed by atoms with Crippen molar-refractivity contribution in [1.29, 1.82) is 0 Å². The Hall–Kier alpha value is -3.92. The number of carbonyl (C=O) groups is 2. The highest BCUT2D eigenvalue weighted by molar-refractivity contribution is 7.92. The lowest BCUT2D eigenvalue weighted by Gasteiger charge is -2.11. The van der Waals surface area contributed by atoms with Crippen molar-refractivity contribution in [1.82, 2.24) is 10.6 Å². The molecule has 3 aromatic rings. The Morgan fingerprint density at radius 1 is 0.848 bits per heavy atom. The summed E-state index contributed by atoms with van der Waals surface area (Å²) in [6, 6.07) is 17.3. The lowest BCUT2D eigenvalue weighted by Crippen LogP contribution is -2.34. The monoisotopic (exact) mass is 471 g/mol. The number of benzene rings is 3. The van der Waals surface area contributed by atoms with Crippen LogP contribution in [0.2, 0.25) is 0 Å². The van der Waals surface area contributed by atoms with Crippen molar-refractivity contribution in [3.8, 4) is 5.75 Å². The van der Waals surface area contributed by atoms with Crippen LogP contribution < -0.4 is 20.1 Å². The zero-order valence-electron chi connectivity index (χ0n) is 17.7. The van der Waals surface area contributed by atoms with Gasteiger partial charge in [-0.2, -0.15) is 0 Å². The third kappa shape index (κ3) is 6.30. The first-order chi connectivity index (χ1) is 15.8. The van der Waals surface area contributed by atoms with Crippen molar-refractivity contribution >= 4 is 27.5 Å². The van der Waals surface area contributed by atoms with E-state index < -0.39 is 21.7 Å². The quantitative estimate of drug-likeness (QED) is 0.416. The van der Waals surface area contributed by atoms with Crippen LogP contribution >= 0.6 is 0 Å². The number of anilines is 1. The lowest BCUT2D eigenvalue weighted by atomic mass is 10.2. The number of hydrogen-bond donors (Lipinski definition) is 3. The van der Waals surface area contributed by atoms with Gasteiger partial charge in [0.1, 0.15) is 11.6 Å². The molecule has 0 aliphatic rings. The molecule has 0 aromatic heterocycles. The van der Waals surface area contributed by atoms with E-state index in [0.29, 0.717) is 11.3 Å². The predicted molar refractivity (Wildman–Crippen MR) is 121 cm³/mol. The molecule has 10 heteroatoms. The number of nitrogens with one attached hydrogen (secondary N) is 3. The third-order valence-electron chi connectivity index (χ3n) is 4.57. The van der Waals surface area contributed by atoms with Crippen LogP contribution in [0.3, 0.4) is 0 Å². The number of methoxy groups -OCH3 is 1. The molecule has 0 fully saturated rings. The van der Waals surface area contributed by atoms with E-state index >= 15 is 0 Å². The van der Waals surface area contributed by atoms with Gasteiger partial charge < -0.3 is 15.4 Å². The molecule has 0 saturated heterocycles. The molecule has 0 saturated carbocycles. The largest absolute Gasteiger partial charge is 0.497 e. The molecular formula is C23H22FN3O5S. The van der Waals surface area contributed by atoms with Crippen LogP contribution in [-0.4, -0.2) is 40.4 Å². The fourth-order valence-electron chi connectivity index (χ4n) is 2.85. The number of carbonyl (C=O) groups excluding carboxylic acids is 2. The van der Waals surface area contributed by atoms with Gasteiger partial charge >= 0.3 is 0 Å². The molecule has 0 heterocycles. The SMILES string of the molecule is COc1ccc(C(=O)NCCNC(=O)c2cccc(S(=O)(=O)Nc3ccccc3F)c2)cc1. The van der Waals surface area contributed by atoms with Crippen molar-refractivity contribution in [2.45, 2.75) is 4.90 Å². The zero-order valence-corrected chi connectivity index (χ0v) is 18.5. The van der Waals surface area contributed by atoms with Crippen LogP contribution in [0.5, 0.6) is 5.75 Å². The van der Waals surface area contributed by atoms with Crippen molar-refractivity contribution < 1.29 is 27.1 Å².